The highest BCUT2D eigenvalue weighted by Crippen LogP contribution is 2.29. The van der Waals surface area contributed by atoms with E-state index in [0.717, 1.165) is 55.1 Å². The monoisotopic (exact) mass is 423 g/mol. The summed E-state index contributed by atoms with van der Waals surface area (Å²) in [6, 6.07) is 7.71. The molecule has 1 aromatic heterocycles. The Balaban J connectivity index is 1.46. The molecule has 0 bridgehead atoms. The second kappa shape index (κ2) is 9.62. The van der Waals surface area contributed by atoms with Crippen molar-refractivity contribution in [2.75, 3.05) is 13.1 Å². The summed E-state index contributed by atoms with van der Waals surface area (Å²) in [5, 5.41) is 11.9. The molecule has 0 radical (unpaired) electrons. The van der Waals surface area contributed by atoms with Gasteiger partial charge in [0.2, 0.25) is 11.8 Å². The van der Waals surface area contributed by atoms with Gasteiger partial charge >= 0.3 is 0 Å². The number of hydrogen-bond acceptors (Lipinski definition) is 4. The average molecular weight is 424 g/mol. The summed E-state index contributed by atoms with van der Waals surface area (Å²) in [4.78, 5) is 26.9. The van der Waals surface area contributed by atoms with E-state index in [9.17, 15) is 9.59 Å². The van der Waals surface area contributed by atoms with E-state index in [1.54, 1.807) is 0 Å². The molecule has 2 aromatic rings. The lowest BCUT2D eigenvalue weighted by atomic mass is 9.95. The Hall–Kier alpha value is -2.70. The first-order valence-electron chi connectivity index (χ1n) is 11.5. The molecule has 7 nitrogen and oxygen atoms in total. The largest absolute Gasteiger partial charge is 0.349 e. The SMILES string of the molecule is CC(=O)N[C@@H](CC(=O)N1CCC[C@H](c2nnc3n2CCCCC3)C1)c1ccc(C)cc1. The van der Waals surface area contributed by atoms with Crippen molar-refractivity contribution in [2.24, 2.45) is 0 Å². The summed E-state index contributed by atoms with van der Waals surface area (Å²) in [5.74, 6) is 2.34. The van der Waals surface area contributed by atoms with Gasteiger partial charge in [-0.2, -0.15) is 0 Å². The Kier molecular flexibility index (Phi) is 6.68. The first-order chi connectivity index (χ1) is 15.0. The molecule has 1 N–H and O–H groups in total. The van der Waals surface area contributed by atoms with Crippen molar-refractivity contribution >= 4 is 11.8 Å². The molecule has 2 aliphatic rings. The van der Waals surface area contributed by atoms with Crippen LogP contribution in [0.15, 0.2) is 24.3 Å². The van der Waals surface area contributed by atoms with E-state index in [-0.39, 0.29) is 30.2 Å². The van der Waals surface area contributed by atoms with Gasteiger partial charge in [0.1, 0.15) is 11.6 Å². The van der Waals surface area contributed by atoms with Crippen molar-refractivity contribution in [3.05, 3.63) is 47.0 Å². The van der Waals surface area contributed by atoms with Crippen molar-refractivity contribution in [1.29, 1.82) is 0 Å². The maximum Gasteiger partial charge on any atom is 0.225 e. The Morgan fingerprint density at radius 3 is 2.68 bits per heavy atom. The number of aromatic nitrogens is 3. The van der Waals surface area contributed by atoms with Gasteiger partial charge in [-0.05, 0) is 38.2 Å². The molecule has 2 atom stereocenters. The van der Waals surface area contributed by atoms with Crippen LogP contribution in [0.3, 0.4) is 0 Å². The molecule has 31 heavy (non-hydrogen) atoms. The zero-order valence-electron chi connectivity index (χ0n) is 18.6. The molecule has 166 valence electrons. The number of hydrogen-bond donors (Lipinski definition) is 1. The highest BCUT2D eigenvalue weighted by Gasteiger charge is 2.30. The van der Waals surface area contributed by atoms with E-state index < -0.39 is 0 Å². The number of rotatable bonds is 5. The zero-order chi connectivity index (χ0) is 21.8. The number of aryl methyl sites for hydroxylation is 2. The lowest BCUT2D eigenvalue weighted by molar-refractivity contribution is -0.133. The van der Waals surface area contributed by atoms with Crippen LogP contribution in [-0.4, -0.2) is 44.6 Å². The number of carbonyl (C=O) groups excluding carboxylic acids is 2. The number of nitrogens with zero attached hydrogens (tertiary/aromatic N) is 4. The molecule has 1 aromatic carbocycles. The fraction of sp³-hybridized carbons (Fsp3) is 0.583. The van der Waals surface area contributed by atoms with Crippen LogP contribution < -0.4 is 5.32 Å². The molecular formula is C24H33N5O2. The Morgan fingerprint density at radius 2 is 1.90 bits per heavy atom. The first kappa shape index (κ1) is 21.5. The van der Waals surface area contributed by atoms with E-state index >= 15 is 0 Å². The van der Waals surface area contributed by atoms with Gasteiger partial charge in [-0.15, -0.1) is 10.2 Å². The Labute approximate surface area is 184 Å². The Bertz CT molecular complexity index is 921. The molecular weight excluding hydrogens is 390 g/mol. The molecule has 2 aliphatic heterocycles. The summed E-state index contributed by atoms with van der Waals surface area (Å²) < 4.78 is 2.30. The third-order valence-electron chi connectivity index (χ3n) is 6.51. The van der Waals surface area contributed by atoms with Gasteiger partial charge in [0, 0.05) is 38.9 Å². The summed E-state index contributed by atoms with van der Waals surface area (Å²) in [6.45, 7) is 5.95. The zero-order valence-corrected chi connectivity index (χ0v) is 18.6. The third-order valence-corrected chi connectivity index (χ3v) is 6.51. The molecule has 7 heteroatoms. The highest BCUT2D eigenvalue weighted by atomic mass is 16.2. The molecule has 1 fully saturated rings. The minimum atomic E-state index is -0.310. The van der Waals surface area contributed by atoms with E-state index in [4.69, 9.17) is 0 Å². The number of amides is 2. The van der Waals surface area contributed by atoms with Gasteiger partial charge in [-0.1, -0.05) is 36.2 Å². The van der Waals surface area contributed by atoms with Crippen molar-refractivity contribution in [3.63, 3.8) is 0 Å². The quantitative estimate of drug-likeness (QED) is 0.800. The van der Waals surface area contributed by atoms with Crippen LogP contribution in [0, 0.1) is 6.92 Å². The maximum atomic E-state index is 13.2. The van der Waals surface area contributed by atoms with Crippen molar-refractivity contribution in [2.45, 2.75) is 77.3 Å². The van der Waals surface area contributed by atoms with Gasteiger partial charge in [0.25, 0.3) is 0 Å². The maximum absolute atomic E-state index is 13.2. The number of nitrogens with one attached hydrogen (secondary N) is 1. The first-order valence-corrected chi connectivity index (χ1v) is 11.5. The van der Waals surface area contributed by atoms with Crippen LogP contribution in [0.2, 0.25) is 0 Å². The van der Waals surface area contributed by atoms with Crippen LogP contribution in [0.5, 0.6) is 0 Å². The Morgan fingerprint density at radius 1 is 1.10 bits per heavy atom. The van der Waals surface area contributed by atoms with Crippen LogP contribution >= 0.6 is 0 Å². The molecule has 3 heterocycles. The number of fused-ring (bicyclic) bond motifs is 1. The van der Waals surface area contributed by atoms with Crippen LogP contribution in [0.1, 0.15) is 80.2 Å². The average Bonchev–Trinajstić information content (AvgIpc) is 3.02. The number of piperidine rings is 1. The summed E-state index contributed by atoms with van der Waals surface area (Å²) in [6.07, 6.45) is 6.86. The predicted molar refractivity (Wildman–Crippen MR) is 118 cm³/mol. The molecule has 1 saturated heterocycles. The van der Waals surface area contributed by atoms with Gasteiger partial charge in [-0.3, -0.25) is 9.59 Å². The smallest absolute Gasteiger partial charge is 0.225 e. The van der Waals surface area contributed by atoms with Gasteiger partial charge in [-0.25, -0.2) is 0 Å². The number of carbonyl (C=O) groups is 2. The normalized spacial score (nSPS) is 19.9. The minimum Gasteiger partial charge on any atom is -0.349 e. The van der Waals surface area contributed by atoms with E-state index in [1.807, 2.05) is 36.1 Å². The number of benzene rings is 1. The molecule has 2 amide bonds. The van der Waals surface area contributed by atoms with Crippen LogP contribution in [0.25, 0.3) is 0 Å². The van der Waals surface area contributed by atoms with E-state index in [1.165, 1.54) is 26.2 Å². The van der Waals surface area contributed by atoms with Crippen LogP contribution in [-0.2, 0) is 22.6 Å². The summed E-state index contributed by atoms with van der Waals surface area (Å²) in [5.41, 5.74) is 2.12. The lowest BCUT2D eigenvalue weighted by Crippen LogP contribution is -2.41. The highest BCUT2D eigenvalue weighted by molar-refractivity contribution is 5.79. The number of likely N-dealkylation sites (tertiary alicyclic amines) is 1. The fourth-order valence-corrected chi connectivity index (χ4v) is 4.82. The van der Waals surface area contributed by atoms with Crippen molar-refractivity contribution in [3.8, 4) is 0 Å². The third kappa shape index (κ3) is 5.14. The van der Waals surface area contributed by atoms with E-state index in [2.05, 4.69) is 20.1 Å². The summed E-state index contributed by atoms with van der Waals surface area (Å²) in [7, 11) is 0. The predicted octanol–water partition coefficient (Wildman–Crippen LogP) is 3.29. The van der Waals surface area contributed by atoms with Gasteiger partial charge in [0.15, 0.2) is 0 Å². The van der Waals surface area contributed by atoms with Crippen molar-refractivity contribution in [1.82, 2.24) is 25.0 Å². The second-order valence-electron chi connectivity index (χ2n) is 8.98. The summed E-state index contributed by atoms with van der Waals surface area (Å²) >= 11 is 0. The lowest BCUT2D eigenvalue weighted by Gasteiger charge is -2.33. The van der Waals surface area contributed by atoms with E-state index in [0.29, 0.717) is 6.54 Å². The van der Waals surface area contributed by atoms with Crippen molar-refractivity contribution < 1.29 is 9.59 Å². The molecule has 0 unspecified atom stereocenters. The molecule has 0 saturated carbocycles. The standard InChI is InChI=1S/C24H33N5O2/c1-17-9-11-19(12-10-17)21(25-18(2)30)15-23(31)28-13-6-7-20(16-28)24-27-26-22-8-4-3-5-14-29(22)24/h9-12,20-21H,3-8,13-16H2,1-2H3,(H,25,30)/t20-,21-/m0/s1. The minimum absolute atomic E-state index is 0.0830. The second-order valence-corrected chi connectivity index (χ2v) is 8.98. The fourth-order valence-electron chi connectivity index (χ4n) is 4.82. The molecule has 0 spiro atoms. The topological polar surface area (TPSA) is 80.1 Å². The molecule has 0 aliphatic carbocycles. The van der Waals surface area contributed by atoms with Crippen LogP contribution in [0.4, 0.5) is 0 Å². The van der Waals surface area contributed by atoms with Gasteiger partial charge in [0.05, 0.1) is 12.5 Å². The molecule has 4 rings (SSSR count). The van der Waals surface area contributed by atoms with Gasteiger partial charge < -0.3 is 14.8 Å².